The lowest BCUT2D eigenvalue weighted by Gasteiger charge is -2.08. The zero-order chi connectivity index (χ0) is 17.5. The molecule has 0 saturated heterocycles. The Hall–Kier alpha value is -2.93. The minimum atomic E-state index is -0.494. The number of aromatic nitrogens is 1. The van der Waals surface area contributed by atoms with E-state index < -0.39 is 5.82 Å². The number of hydrogen-bond donors (Lipinski definition) is 1. The average molecular weight is 358 g/mol. The number of carbonyl (C=O) groups is 1. The van der Waals surface area contributed by atoms with Gasteiger partial charge in [0, 0.05) is 18.1 Å². The molecule has 0 bridgehead atoms. The van der Waals surface area contributed by atoms with Crippen molar-refractivity contribution in [3.05, 3.63) is 71.5 Å². The van der Waals surface area contributed by atoms with Crippen molar-refractivity contribution in [3.8, 4) is 16.7 Å². The fourth-order valence-electron chi connectivity index (χ4n) is 1.99. The van der Waals surface area contributed by atoms with Gasteiger partial charge in [0.25, 0.3) is 11.1 Å². The van der Waals surface area contributed by atoms with Gasteiger partial charge >= 0.3 is 0 Å². The van der Waals surface area contributed by atoms with Crippen LogP contribution >= 0.6 is 11.3 Å². The van der Waals surface area contributed by atoms with Crippen molar-refractivity contribution >= 4 is 17.2 Å². The van der Waals surface area contributed by atoms with E-state index in [0.29, 0.717) is 17.5 Å². The Morgan fingerprint density at radius 3 is 2.68 bits per heavy atom. The molecule has 0 saturated carbocycles. The Morgan fingerprint density at radius 1 is 1.16 bits per heavy atom. The van der Waals surface area contributed by atoms with Gasteiger partial charge in [-0.15, -0.1) is 0 Å². The Labute approximate surface area is 148 Å². The Balaban J connectivity index is 1.45. The fraction of sp³-hybridized carbons (Fsp3) is 0.111. The van der Waals surface area contributed by atoms with Crippen molar-refractivity contribution < 1.29 is 18.7 Å². The second-order valence-corrected chi connectivity index (χ2v) is 5.90. The van der Waals surface area contributed by atoms with Gasteiger partial charge < -0.3 is 14.8 Å². The Bertz CT molecular complexity index is 823. The summed E-state index contributed by atoms with van der Waals surface area (Å²) in [6.07, 6.45) is 1.67. The van der Waals surface area contributed by atoms with Gasteiger partial charge in [-0.25, -0.2) is 9.37 Å². The summed E-state index contributed by atoms with van der Waals surface area (Å²) in [6.45, 7) is 0.100. The van der Waals surface area contributed by atoms with E-state index in [1.807, 2.05) is 17.5 Å². The van der Waals surface area contributed by atoms with Gasteiger partial charge in [-0.2, -0.15) is 0 Å². The van der Waals surface area contributed by atoms with Gasteiger partial charge in [0.05, 0.1) is 0 Å². The molecule has 1 N–H and O–H groups in total. The number of rotatable bonds is 7. The van der Waals surface area contributed by atoms with E-state index in [4.69, 9.17) is 9.47 Å². The van der Waals surface area contributed by atoms with Crippen LogP contribution in [0.3, 0.4) is 0 Å². The van der Waals surface area contributed by atoms with Crippen LogP contribution in [0.5, 0.6) is 16.7 Å². The van der Waals surface area contributed by atoms with E-state index in [-0.39, 0.29) is 18.3 Å². The summed E-state index contributed by atoms with van der Waals surface area (Å²) in [5.41, 5.74) is 0.908. The van der Waals surface area contributed by atoms with E-state index in [1.54, 1.807) is 30.5 Å². The second kappa shape index (κ2) is 8.25. The van der Waals surface area contributed by atoms with Crippen LogP contribution in [0.1, 0.15) is 5.56 Å². The third-order valence-electron chi connectivity index (χ3n) is 3.22. The van der Waals surface area contributed by atoms with E-state index in [0.717, 1.165) is 5.56 Å². The van der Waals surface area contributed by atoms with Crippen LogP contribution < -0.4 is 14.8 Å². The number of ether oxygens (including phenoxy) is 2. The molecule has 3 aromatic rings. The summed E-state index contributed by atoms with van der Waals surface area (Å²) < 4.78 is 24.1. The molecule has 0 aliphatic heterocycles. The van der Waals surface area contributed by atoms with Crippen molar-refractivity contribution in [3.63, 3.8) is 0 Å². The molecule has 5 nitrogen and oxygen atoms in total. The maximum Gasteiger partial charge on any atom is 0.278 e. The van der Waals surface area contributed by atoms with Gasteiger partial charge in [0.2, 0.25) is 0 Å². The topological polar surface area (TPSA) is 60.5 Å². The van der Waals surface area contributed by atoms with Gasteiger partial charge in [-0.05, 0) is 29.8 Å². The fourth-order valence-corrected chi connectivity index (χ4v) is 2.50. The summed E-state index contributed by atoms with van der Waals surface area (Å²) >= 11 is 1.41. The summed E-state index contributed by atoms with van der Waals surface area (Å²) in [5.74, 6) is -0.0910. The smallest absolute Gasteiger partial charge is 0.278 e. The lowest BCUT2D eigenvalue weighted by atomic mass is 10.2. The highest BCUT2D eigenvalue weighted by atomic mass is 32.1. The average Bonchev–Trinajstić information content (AvgIpc) is 3.13. The molecule has 128 valence electrons. The van der Waals surface area contributed by atoms with Crippen LogP contribution in [-0.4, -0.2) is 17.5 Å². The molecule has 0 fully saturated rings. The highest BCUT2D eigenvalue weighted by Crippen LogP contribution is 2.23. The standard InChI is InChI=1S/C18H15FN2O3S/c19-15-3-1-2-4-16(15)23-12-17(22)21-11-13-5-7-14(8-6-13)24-18-20-9-10-25-18/h1-10H,11-12H2,(H,21,22). The number of nitrogens with one attached hydrogen (secondary N) is 1. The molecule has 3 rings (SSSR count). The summed E-state index contributed by atoms with van der Waals surface area (Å²) in [7, 11) is 0. The van der Waals surface area contributed by atoms with E-state index in [9.17, 15) is 9.18 Å². The van der Waals surface area contributed by atoms with Crippen LogP contribution in [0, 0.1) is 5.82 Å². The summed E-state index contributed by atoms with van der Waals surface area (Å²) in [4.78, 5) is 15.8. The Kier molecular flexibility index (Phi) is 5.58. The summed E-state index contributed by atoms with van der Waals surface area (Å²) in [5, 5.41) is 5.13. The lowest BCUT2D eigenvalue weighted by molar-refractivity contribution is -0.123. The Morgan fingerprint density at radius 2 is 1.96 bits per heavy atom. The van der Waals surface area contributed by atoms with Crippen LogP contribution in [0.25, 0.3) is 0 Å². The molecule has 0 aliphatic rings. The third kappa shape index (κ3) is 5.02. The first-order valence-corrected chi connectivity index (χ1v) is 8.39. The molecule has 0 atom stereocenters. The van der Waals surface area contributed by atoms with Crippen LogP contribution in [0.2, 0.25) is 0 Å². The first kappa shape index (κ1) is 16.9. The largest absolute Gasteiger partial charge is 0.481 e. The molecule has 0 radical (unpaired) electrons. The molecule has 2 aromatic carbocycles. The van der Waals surface area contributed by atoms with Crippen LogP contribution in [0.4, 0.5) is 4.39 Å². The normalized spacial score (nSPS) is 10.3. The van der Waals surface area contributed by atoms with Gasteiger partial charge in [-0.3, -0.25) is 4.79 Å². The maximum absolute atomic E-state index is 13.4. The number of benzene rings is 2. The first-order valence-electron chi connectivity index (χ1n) is 7.51. The van der Waals surface area contributed by atoms with Crippen molar-refractivity contribution in [2.75, 3.05) is 6.61 Å². The summed E-state index contributed by atoms with van der Waals surface area (Å²) in [6, 6.07) is 13.3. The number of para-hydroxylation sites is 1. The minimum absolute atomic E-state index is 0.0568. The van der Waals surface area contributed by atoms with Gasteiger partial charge in [0.1, 0.15) is 5.75 Å². The van der Waals surface area contributed by atoms with E-state index >= 15 is 0 Å². The SMILES string of the molecule is O=C(COc1ccccc1F)NCc1ccc(Oc2nccs2)cc1. The number of nitrogens with zero attached hydrogens (tertiary/aromatic N) is 1. The molecule has 1 amide bonds. The van der Waals surface area contributed by atoms with Crippen molar-refractivity contribution in [1.82, 2.24) is 10.3 Å². The zero-order valence-corrected chi connectivity index (χ0v) is 14.0. The number of carbonyl (C=O) groups excluding carboxylic acids is 1. The first-order chi connectivity index (χ1) is 12.2. The number of hydrogen-bond acceptors (Lipinski definition) is 5. The van der Waals surface area contributed by atoms with Gasteiger partial charge in [0.15, 0.2) is 18.2 Å². The van der Waals surface area contributed by atoms with Crippen molar-refractivity contribution in [2.45, 2.75) is 6.54 Å². The van der Waals surface area contributed by atoms with Crippen LogP contribution in [-0.2, 0) is 11.3 Å². The molecule has 25 heavy (non-hydrogen) atoms. The van der Waals surface area contributed by atoms with Crippen molar-refractivity contribution in [2.24, 2.45) is 0 Å². The number of thiazole rings is 1. The molecular weight excluding hydrogens is 343 g/mol. The number of halogens is 1. The molecule has 1 heterocycles. The van der Waals surface area contributed by atoms with E-state index in [2.05, 4.69) is 10.3 Å². The molecule has 0 aliphatic carbocycles. The molecule has 0 spiro atoms. The predicted molar refractivity (Wildman–Crippen MR) is 92.4 cm³/mol. The molecular formula is C18H15FN2O3S. The highest BCUT2D eigenvalue weighted by molar-refractivity contribution is 7.11. The highest BCUT2D eigenvalue weighted by Gasteiger charge is 2.06. The maximum atomic E-state index is 13.4. The third-order valence-corrected chi connectivity index (χ3v) is 3.87. The quantitative estimate of drug-likeness (QED) is 0.698. The lowest BCUT2D eigenvalue weighted by Crippen LogP contribution is -2.28. The monoisotopic (exact) mass is 358 g/mol. The molecule has 7 heteroatoms. The molecule has 0 unspecified atom stereocenters. The minimum Gasteiger partial charge on any atom is -0.481 e. The number of amides is 1. The van der Waals surface area contributed by atoms with E-state index in [1.165, 1.54) is 23.5 Å². The second-order valence-electron chi connectivity index (χ2n) is 5.04. The van der Waals surface area contributed by atoms with Crippen molar-refractivity contribution in [1.29, 1.82) is 0 Å². The zero-order valence-electron chi connectivity index (χ0n) is 13.1. The predicted octanol–water partition coefficient (Wildman–Crippen LogP) is 3.77. The van der Waals surface area contributed by atoms with Gasteiger partial charge in [-0.1, -0.05) is 35.6 Å². The van der Waals surface area contributed by atoms with Crippen LogP contribution in [0.15, 0.2) is 60.1 Å². The molecule has 1 aromatic heterocycles.